The quantitative estimate of drug-likeness (QED) is 0.744. The van der Waals surface area contributed by atoms with E-state index in [9.17, 15) is 0 Å². The molecule has 0 amide bonds. The molecule has 0 aliphatic rings. The predicted molar refractivity (Wildman–Crippen MR) is 80.6 cm³/mol. The zero-order chi connectivity index (χ0) is 13.2. The fourth-order valence-corrected chi connectivity index (χ4v) is 2.83. The first-order chi connectivity index (χ1) is 9.31. The van der Waals surface area contributed by atoms with Crippen molar-refractivity contribution in [2.45, 2.75) is 5.92 Å². The van der Waals surface area contributed by atoms with Gasteiger partial charge in [0.05, 0.1) is 0 Å². The van der Waals surface area contributed by atoms with E-state index in [-0.39, 0.29) is 5.92 Å². The molecule has 1 atom stereocenters. The summed E-state index contributed by atoms with van der Waals surface area (Å²) in [4.78, 5) is 3.29. The van der Waals surface area contributed by atoms with Crippen LogP contribution in [0.25, 0.3) is 10.9 Å². The Morgan fingerprint density at radius 2 is 1.74 bits per heavy atom. The Hall–Kier alpha value is -1.77. The Balaban J connectivity index is 2.15. The molecule has 3 heteroatoms. The molecule has 0 aliphatic carbocycles. The van der Waals surface area contributed by atoms with Crippen molar-refractivity contribution in [3.05, 3.63) is 70.9 Å². The van der Waals surface area contributed by atoms with Gasteiger partial charge in [0.25, 0.3) is 0 Å². The molecule has 0 saturated carbocycles. The summed E-state index contributed by atoms with van der Waals surface area (Å²) in [6.07, 6.45) is 2.03. The maximum Gasteiger partial charge on any atom is 0.0457 e. The van der Waals surface area contributed by atoms with Crippen molar-refractivity contribution in [3.63, 3.8) is 0 Å². The summed E-state index contributed by atoms with van der Waals surface area (Å²) in [6.45, 7) is 0.533. The van der Waals surface area contributed by atoms with E-state index in [1.165, 1.54) is 10.9 Å². The second-order valence-electron chi connectivity index (χ2n) is 4.60. The molecule has 96 valence electrons. The molecular formula is C16H15ClN2. The molecule has 3 aromatic rings. The van der Waals surface area contributed by atoms with Crippen LogP contribution < -0.4 is 5.73 Å². The van der Waals surface area contributed by atoms with E-state index in [4.69, 9.17) is 17.3 Å². The third kappa shape index (κ3) is 2.14. The van der Waals surface area contributed by atoms with Gasteiger partial charge in [0, 0.05) is 34.6 Å². The number of hydrogen-bond donors (Lipinski definition) is 2. The number of aromatic nitrogens is 1. The summed E-state index contributed by atoms with van der Waals surface area (Å²) in [5, 5.41) is 1.97. The Kier molecular flexibility index (Phi) is 3.28. The van der Waals surface area contributed by atoms with Crippen LogP contribution in [0, 0.1) is 0 Å². The normalized spacial score (nSPS) is 12.7. The van der Waals surface area contributed by atoms with Crippen molar-refractivity contribution >= 4 is 22.5 Å². The second-order valence-corrected chi connectivity index (χ2v) is 5.01. The minimum Gasteiger partial charge on any atom is -0.361 e. The van der Waals surface area contributed by atoms with Crippen molar-refractivity contribution in [3.8, 4) is 0 Å². The highest BCUT2D eigenvalue weighted by molar-refractivity contribution is 6.31. The summed E-state index contributed by atoms with van der Waals surface area (Å²) in [5.74, 6) is 0.116. The van der Waals surface area contributed by atoms with Gasteiger partial charge in [-0.25, -0.2) is 0 Å². The van der Waals surface area contributed by atoms with Crippen LogP contribution in [0.15, 0.2) is 54.7 Å². The highest BCUT2D eigenvalue weighted by Crippen LogP contribution is 2.33. The Bertz CT molecular complexity index is 703. The van der Waals surface area contributed by atoms with E-state index < -0.39 is 0 Å². The number of aromatic amines is 1. The molecule has 0 fully saturated rings. The first-order valence-electron chi connectivity index (χ1n) is 6.31. The van der Waals surface area contributed by atoms with Crippen LogP contribution in [0.2, 0.25) is 5.02 Å². The minimum atomic E-state index is 0.116. The van der Waals surface area contributed by atoms with Crippen molar-refractivity contribution < 1.29 is 0 Å². The maximum atomic E-state index is 6.30. The number of H-pyrrole nitrogens is 1. The van der Waals surface area contributed by atoms with Crippen LogP contribution in [0.5, 0.6) is 0 Å². The van der Waals surface area contributed by atoms with Gasteiger partial charge >= 0.3 is 0 Å². The predicted octanol–water partition coefficient (Wildman–Crippen LogP) is 3.91. The molecule has 0 spiro atoms. The zero-order valence-electron chi connectivity index (χ0n) is 10.4. The number of benzene rings is 2. The van der Waals surface area contributed by atoms with E-state index in [0.717, 1.165) is 16.1 Å². The Morgan fingerprint density at radius 1 is 1.00 bits per heavy atom. The maximum absolute atomic E-state index is 6.30. The Morgan fingerprint density at radius 3 is 2.53 bits per heavy atom. The summed E-state index contributed by atoms with van der Waals surface area (Å²) >= 11 is 6.30. The lowest BCUT2D eigenvalue weighted by molar-refractivity contribution is 0.826. The number of nitrogens with one attached hydrogen (secondary N) is 1. The molecule has 3 rings (SSSR count). The highest BCUT2D eigenvalue weighted by Gasteiger charge is 2.18. The van der Waals surface area contributed by atoms with Crippen LogP contribution in [0.4, 0.5) is 0 Å². The van der Waals surface area contributed by atoms with Crippen molar-refractivity contribution in [1.82, 2.24) is 4.98 Å². The lowest BCUT2D eigenvalue weighted by Gasteiger charge is -2.16. The molecule has 0 aliphatic heterocycles. The standard InChI is InChI=1S/C16H15ClN2/c17-15-7-3-1-5-11(15)13(9-18)14-10-19-16-8-4-2-6-12(14)16/h1-8,10,13,19H,9,18H2/t13-/m0/s1. The first kappa shape index (κ1) is 12.3. The third-order valence-electron chi connectivity index (χ3n) is 3.51. The largest absolute Gasteiger partial charge is 0.361 e. The van der Waals surface area contributed by atoms with Gasteiger partial charge in [0.1, 0.15) is 0 Å². The number of fused-ring (bicyclic) bond motifs is 1. The molecule has 19 heavy (non-hydrogen) atoms. The van der Waals surface area contributed by atoms with E-state index >= 15 is 0 Å². The molecule has 3 N–H and O–H groups in total. The van der Waals surface area contributed by atoms with Gasteiger partial charge in [-0.2, -0.15) is 0 Å². The monoisotopic (exact) mass is 270 g/mol. The number of halogens is 1. The summed E-state index contributed by atoms with van der Waals surface area (Å²) in [7, 11) is 0. The van der Waals surface area contributed by atoms with Gasteiger partial charge in [-0.15, -0.1) is 0 Å². The molecule has 0 bridgehead atoms. The molecule has 2 nitrogen and oxygen atoms in total. The van der Waals surface area contributed by atoms with Gasteiger partial charge in [-0.05, 0) is 23.3 Å². The number of hydrogen-bond acceptors (Lipinski definition) is 1. The molecule has 1 aromatic heterocycles. The minimum absolute atomic E-state index is 0.116. The summed E-state index contributed by atoms with van der Waals surface area (Å²) in [5.41, 5.74) is 9.39. The van der Waals surface area contributed by atoms with Crippen molar-refractivity contribution in [2.75, 3.05) is 6.54 Å². The average Bonchev–Trinajstić information content (AvgIpc) is 2.86. The number of nitrogens with two attached hydrogens (primary N) is 1. The van der Waals surface area contributed by atoms with Gasteiger partial charge < -0.3 is 10.7 Å². The smallest absolute Gasteiger partial charge is 0.0457 e. The van der Waals surface area contributed by atoms with Crippen molar-refractivity contribution in [1.29, 1.82) is 0 Å². The molecule has 0 radical (unpaired) electrons. The highest BCUT2D eigenvalue weighted by atomic mass is 35.5. The number of para-hydroxylation sites is 1. The average molecular weight is 271 g/mol. The van der Waals surface area contributed by atoms with Gasteiger partial charge in [-0.1, -0.05) is 48.0 Å². The zero-order valence-corrected chi connectivity index (χ0v) is 11.2. The summed E-state index contributed by atoms with van der Waals surface area (Å²) < 4.78 is 0. The Labute approximate surface area is 117 Å². The van der Waals surface area contributed by atoms with E-state index in [2.05, 4.69) is 17.1 Å². The lowest BCUT2D eigenvalue weighted by atomic mass is 9.91. The fraction of sp³-hybridized carbons (Fsp3) is 0.125. The third-order valence-corrected chi connectivity index (χ3v) is 3.86. The molecule has 1 heterocycles. The van der Waals surface area contributed by atoms with Crippen LogP contribution in [-0.2, 0) is 0 Å². The van der Waals surface area contributed by atoms with Crippen molar-refractivity contribution in [2.24, 2.45) is 5.73 Å². The van der Waals surface area contributed by atoms with Crippen LogP contribution >= 0.6 is 11.6 Å². The van der Waals surface area contributed by atoms with E-state index in [0.29, 0.717) is 6.54 Å². The van der Waals surface area contributed by atoms with Gasteiger partial charge in [0.15, 0.2) is 0 Å². The van der Waals surface area contributed by atoms with Gasteiger partial charge in [0.2, 0.25) is 0 Å². The first-order valence-corrected chi connectivity index (χ1v) is 6.69. The van der Waals surface area contributed by atoms with Crippen LogP contribution in [-0.4, -0.2) is 11.5 Å². The van der Waals surface area contributed by atoms with Crippen LogP contribution in [0.3, 0.4) is 0 Å². The number of rotatable bonds is 3. The fourth-order valence-electron chi connectivity index (χ4n) is 2.56. The second kappa shape index (κ2) is 5.08. The SMILES string of the molecule is NC[C@@H](c1ccccc1Cl)c1c[nH]c2ccccc12. The van der Waals surface area contributed by atoms with E-state index in [1.54, 1.807) is 0 Å². The lowest BCUT2D eigenvalue weighted by Crippen LogP contribution is -2.13. The molecular weight excluding hydrogens is 256 g/mol. The summed E-state index contributed by atoms with van der Waals surface area (Å²) in [6, 6.07) is 16.1. The molecule has 0 saturated heterocycles. The topological polar surface area (TPSA) is 41.8 Å². The van der Waals surface area contributed by atoms with Gasteiger partial charge in [-0.3, -0.25) is 0 Å². The van der Waals surface area contributed by atoms with Crippen LogP contribution in [0.1, 0.15) is 17.0 Å². The molecule has 0 unspecified atom stereocenters. The molecule has 2 aromatic carbocycles. The van der Waals surface area contributed by atoms with E-state index in [1.807, 2.05) is 42.6 Å².